The molecule has 0 amide bonds. The first-order valence-corrected chi connectivity index (χ1v) is 9.07. The molecule has 1 aliphatic rings. The Morgan fingerprint density at radius 1 is 1.12 bits per heavy atom. The quantitative estimate of drug-likeness (QED) is 0.595. The fourth-order valence-corrected chi connectivity index (χ4v) is 3.66. The van der Waals surface area contributed by atoms with Gasteiger partial charge in [-0.2, -0.15) is 8.78 Å². The number of nitrogens with zero attached hydrogens (tertiary/aromatic N) is 2. The second kappa shape index (κ2) is 6.60. The topological polar surface area (TPSA) is 80.5 Å². The molecule has 3 rings (SSSR count). The first kappa shape index (κ1) is 18.2. The van der Waals surface area contributed by atoms with Crippen molar-refractivity contribution in [2.24, 2.45) is 0 Å². The highest BCUT2D eigenvalue weighted by molar-refractivity contribution is 7.91. The van der Waals surface area contributed by atoms with Crippen molar-refractivity contribution >= 4 is 21.2 Å². The zero-order chi connectivity index (χ0) is 19.1. The molecule has 1 heterocycles. The van der Waals surface area contributed by atoms with Crippen LogP contribution in [0.5, 0.6) is 0 Å². The zero-order valence-corrected chi connectivity index (χ0v) is 14.0. The number of nitro groups is 1. The monoisotopic (exact) mass is 386 g/mol. The Morgan fingerprint density at radius 2 is 1.85 bits per heavy atom. The van der Waals surface area contributed by atoms with E-state index in [0.717, 1.165) is 23.3 Å². The highest BCUT2D eigenvalue weighted by Gasteiger charge is 2.31. The van der Waals surface area contributed by atoms with Crippen molar-refractivity contribution in [1.82, 2.24) is 0 Å². The Hall–Kier alpha value is -2.62. The van der Waals surface area contributed by atoms with Gasteiger partial charge in [0.2, 0.25) is 9.84 Å². The van der Waals surface area contributed by atoms with Gasteiger partial charge in [-0.05, 0) is 41.8 Å². The maximum atomic E-state index is 13.3. The van der Waals surface area contributed by atoms with Gasteiger partial charge in [-0.15, -0.1) is 0 Å². The summed E-state index contributed by atoms with van der Waals surface area (Å²) in [4.78, 5) is 11.4. The van der Waals surface area contributed by atoms with Crippen molar-refractivity contribution in [2.75, 3.05) is 11.4 Å². The predicted molar refractivity (Wildman–Crippen MR) is 87.4 cm³/mol. The summed E-state index contributed by atoms with van der Waals surface area (Å²) in [5.41, 5.74) is 1.13. The Kier molecular flexibility index (Phi) is 4.61. The zero-order valence-electron chi connectivity index (χ0n) is 13.2. The minimum atomic E-state index is -4.93. The number of benzene rings is 2. The molecule has 0 fully saturated rings. The molecular formula is C16H13F3N2O4S. The summed E-state index contributed by atoms with van der Waals surface area (Å²) in [7, 11) is -4.93. The minimum Gasteiger partial charge on any atom is -0.361 e. The fraction of sp³-hybridized carbons (Fsp3) is 0.250. The third-order valence-electron chi connectivity index (χ3n) is 4.23. The van der Waals surface area contributed by atoms with E-state index in [-0.39, 0.29) is 18.0 Å². The van der Waals surface area contributed by atoms with Crippen LogP contribution in [-0.4, -0.2) is 25.6 Å². The lowest BCUT2D eigenvalue weighted by Gasteiger charge is -2.30. The van der Waals surface area contributed by atoms with Crippen LogP contribution in [0.15, 0.2) is 41.3 Å². The van der Waals surface area contributed by atoms with E-state index in [1.54, 1.807) is 11.0 Å². The molecule has 2 aromatic carbocycles. The van der Waals surface area contributed by atoms with Crippen molar-refractivity contribution in [3.05, 3.63) is 63.5 Å². The van der Waals surface area contributed by atoms with Crippen LogP contribution in [0.2, 0.25) is 0 Å². The van der Waals surface area contributed by atoms with E-state index >= 15 is 0 Å². The van der Waals surface area contributed by atoms with Gasteiger partial charge >= 0.3 is 5.76 Å². The number of fused-ring (bicyclic) bond motifs is 1. The molecule has 0 unspecified atom stereocenters. The molecule has 2 aromatic rings. The van der Waals surface area contributed by atoms with E-state index < -0.39 is 31.1 Å². The van der Waals surface area contributed by atoms with Crippen molar-refractivity contribution in [2.45, 2.75) is 23.6 Å². The number of anilines is 1. The van der Waals surface area contributed by atoms with Gasteiger partial charge in [0.05, 0.1) is 9.82 Å². The molecule has 0 aromatic heterocycles. The maximum Gasteiger partial charge on any atom is 0.341 e. The molecule has 1 aliphatic heterocycles. The van der Waals surface area contributed by atoms with Crippen LogP contribution < -0.4 is 4.90 Å². The lowest BCUT2D eigenvalue weighted by atomic mass is 9.99. The van der Waals surface area contributed by atoms with Gasteiger partial charge < -0.3 is 4.90 Å². The highest BCUT2D eigenvalue weighted by atomic mass is 32.2. The van der Waals surface area contributed by atoms with Crippen molar-refractivity contribution in [1.29, 1.82) is 0 Å². The summed E-state index contributed by atoms with van der Waals surface area (Å²) in [5.74, 6) is -4.03. The summed E-state index contributed by atoms with van der Waals surface area (Å²) in [6, 6.07) is 7.01. The Balaban J connectivity index is 2.01. The van der Waals surface area contributed by atoms with Crippen LogP contribution in [-0.2, 0) is 22.8 Å². The number of rotatable bonds is 4. The Bertz CT molecular complexity index is 979. The standard InChI is InChI=1S/C16H13F3N2O4S/c17-12-2-1-11-9-20(6-5-10(11)7-12)14-4-3-13(8-15(14)21(22)23)26(24,25)16(18)19/h1-4,7-8,16H,5-6,9H2. The Labute approximate surface area is 146 Å². The molecule has 0 saturated heterocycles. The fourth-order valence-electron chi connectivity index (χ4n) is 2.92. The molecule has 0 aliphatic carbocycles. The summed E-state index contributed by atoms with van der Waals surface area (Å²) >= 11 is 0. The molecule has 138 valence electrons. The van der Waals surface area contributed by atoms with Gasteiger partial charge in [0.15, 0.2) is 0 Å². The van der Waals surface area contributed by atoms with Gasteiger partial charge in [-0.1, -0.05) is 6.07 Å². The molecule has 0 atom stereocenters. The molecule has 6 nitrogen and oxygen atoms in total. The van der Waals surface area contributed by atoms with Crippen LogP contribution >= 0.6 is 0 Å². The Morgan fingerprint density at radius 3 is 2.50 bits per heavy atom. The molecule has 0 saturated carbocycles. The van der Waals surface area contributed by atoms with Crippen LogP contribution in [0.25, 0.3) is 0 Å². The third kappa shape index (κ3) is 3.24. The van der Waals surface area contributed by atoms with Crippen LogP contribution in [0.4, 0.5) is 24.5 Å². The molecule has 0 radical (unpaired) electrons. The number of hydrogen-bond acceptors (Lipinski definition) is 5. The summed E-state index contributed by atoms with van der Waals surface area (Å²) in [6.07, 6.45) is 0.446. The van der Waals surface area contributed by atoms with Gasteiger partial charge in [0, 0.05) is 19.2 Å². The first-order valence-electron chi connectivity index (χ1n) is 7.53. The van der Waals surface area contributed by atoms with E-state index in [1.807, 2.05) is 0 Å². The van der Waals surface area contributed by atoms with E-state index in [9.17, 15) is 31.7 Å². The SMILES string of the molecule is O=[N+]([O-])c1cc(S(=O)(=O)C(F)F)ccc1N1CCc2cc(F)ccc2C1. The molecule has 10 heteroatoms. The smallest absolute Gasteiger partial charge is 0.341 e. The number of nitro benzene ring substituents is 1. The largest absolute Gasteiger partial charge is 0.361 e. The van der Waals surface area contributed by atoms with Gasteiger partial charge in [0.25, 0.3) is 5.69 Å². The molecule has 0 N–H and O–H groups in total. The average molecular weight is 386 g/mol. The molecule has 0 bridgehead atoms. The first-order chi connectivity index (χ1) is 12.2. The molecule has 0 spiro atoms. The van der Waals surface area contributed by atoms with E-state index in [4.69, 9.17) is 0 Å². The molecule has 26 heavy (non-hydrogen) atoms. The van der Waals surface area contributed by atoms with Gasteiger partial charge in [0.1, 0.15) is 11.5 Å². The normalized spacial score (nSPS) is 14.4. The number of alkyl halides is 2. The number of halogens is 3. The second-order valence-electron chi connectivity index (χ2n) is 5.80. The number of hydrogen-bond donors (Lipinski definition) is 0. The van der Waals surface area contributed by atoms with Gasteiger partial charge in [-0.3, -0.25) is 10.1 Å². The van der Waals surface area contributed by atoms with Crippen molar-refractivity contribution in [3.63, 3.8) is 0 Å². The second-order valence-corrected chi connectivity index (χ2v) is 7.72. The van der Waals surface area contributed by atoms with Crippen LogP contribution in [0, 0.1) is 15.9 Å². The maximum absolute atomic E-state index is 13.3. The summed E-state index contributed by atoms with van der Waals surface area (Å²) < 4.78 is 61.8. The lowest BCUT2D eigenvalue weighted by Crippen LogP contribution is -2.31. The highest BCUT2D eigenvalue weighted by Crippen LogP contribution is 2.35. The average Bonchev–Trinajstić information content (AvgIpc) is 2.60. The predicted octanol–water partition coefficient (Wildman–Crippen LogP) is 3.29. The number of sulfone groups is 1. The van der Waals surface area contributed by atoms with Gasteiger partial charge in [-0.25, -0.2) is 12.8 Å². The lowest BCUT2D eigenvalue weighted by molar-refractivity contribution is -0.384. The van der Waals surface area contributed by atoms with Crippen LogP contribution in [0.3, 0.4) is 0 Å². The van der Waals surface area contributed by atoms with E-state index in [0.29, 0.717) is 19.0 Å². The summed E-state index contributed by atoms with van der Waals surface area (Å²) in [5, 5.41) is 11.4. The van der Waals surface area contributed by atoms with Crippen molar-refractivity contribution in [3.8, 4) is 0 Å². The summed E-state index contributed by atoms with van der Waals surface area (Å²) in [6.45, 7) is 0.607. The molecular weight excluding hydrogens is 373 g/mol. The minimum absolute atomic E-state index is 0.123. The third-order valence-corrected chi connectivity index (χ3v) is 5.61. The van der Waals surface area contributed by atoms with Crippen molar-refractivity contribution < 1.29 is 26.5 Å². The van der Waals surface area contributed by atoms with Crippen LogP contribution in [0.1, 0.15) is 11.1 Å². The van der Waals surface area contributed by atoms with E-state index in [2.05, 4.69) is 0 Å². The van der Waals surface area contributed by atoms with E-state index in [1.165, 1.54) is 12.1 Å².